The molecular weight excluding hydrogens is 248 g/mol. The monoisotopic (exact) mass is 262 g/mol. The molecule has 0 saturated heterocycles. The summed E-state index contributed by atoms with van der Waals surface area (Å²) in [6.07, 6.45) is 11.4. The molecule has 0 amide bonds. The molecule has 20 heavy (non-hydrogen) atoms. The van der Waals surface area contributed by atoms with Gasteiger partial charge in [0.05, 0.1) is 12.1 Å². The van der Waals surface area contributed by atoms with E-state index in [1.807, 2.05) is 37.3 Å². The van der Waals surface area contributed by atoms with Gasteiger partial charge in [0.1, 0.15) is 11.5 Å². The van der Waals surface area contributed by atoms with Crippen molar-refractivity contribution in [1.82, 2.24) is 9.55 Å². The molecule has 0 spiro atoms. The standard InChI is InChI=1S/C17H14N2O/c1-4-12-19-16(13-10-8-7-9-11-13)18-15(6-3)14(5-2)17(19)20/h1,3,7-11H,5,12H2,2H3. The predicted molar refractivity (Wildman–Crippen MR) is 80.1 cm³/mol. The molecule has 1 heterocycles. The Morgan fingerprint density at radius 2 is 1.95 bits per heavy atom. The van der Waals surface area contributed by atoms with Gasteiger partial charge in [0.15, 0.2) is 0 Å². The highest BCUT2D eigenvalue weighted by molar-refractivity contribution is 5.57. The molecule has 0 fully saturated rings. The summed E-state index contributed by atoms with van der Waals surface area (Å²) < 4.78 is 1.50. The topological polar surface area (TPSA) is 34.9 Å². The van der Waals surface area contributed by atoms with E-state index >= 15 is 0 Å². The minimum Gasteiger partial charge on any atom is -0.281 e. The molecule has 1 aromatic heterocycles. The zero-order chi connectivity index (χ0) is 14.5. The summed E-state index contributed by atoms with van der Waals surface area (Å²) >= 11 is 0. The van der Waals surface area contributed by atoms with E-state index < -0.39 is 0 Å². The summed E-state index contributed by atoms with van der Waals surface area (Å²) in [5, 5.41) is 0. The van der Waals surface area contributed by atoms with E-state index in [0.717, 1.165) is 5.56 Å². The van der Waals surface area contributed by atoms with Crippen LogP contribution in [0.4, 0.5) is 0 Å². The van der Waals surface area contributed by atoms with Gasteiger partial charge in [-0.1, -0.05) is 43.2 Å². The highest BCUT2D eigenvalue weighted by Crippen LogP contribution is 2.17. The molecule has 0 N–H and O–H groups in total. The third-order valence-corrected chi connectivity index (χ3v) is 3.03. The number of nitrogens with zero attached hydrogens (tertiary/aromatic N) is 2. The average molecular weight is 262 g/mol. The van der Waals surface area contributed by atoms with Crippen LogP contribution in [0.1, 0.15) is 18.2 Å². The number of hydrogen-bond acceptors (Lipinski definition) is 2. The first-order chi connectivity index (χ1) is 9.72. The minimum absolute atomic E-state index is 0.160. The molecule has 3 heteroatoms. The molecule has 0 aliphatic rings. The van der Waals surface area contributed by atoms with Crippen LogP contribution in [0.5, 0.6) is 0 Å². The van der Waals surface area contributed by atoms with Gasteiger partial charge in [0, 0.05) is 5.56 Å². The van der Waals surface area contributed by atoms with Gasteiger partial charge in [-0.05, 0) is 12.3 Å². The van der Waals surface area contributed by atoms with E-state index in [4.69, 9.17) is 12.8 Å². The molecule has 2 aromatic rings. The Morgan fingerprint density at radius 3 is 2.50 bits per heavy atom. The van der Waals surface area contributed by atoms with Crippen molar-refractivity contribution in [3.05, 3.63) is 51.9 Å². The zero-order valence-electron chi connectivity index (χ0n) is 11.3. The second-order valence-electron chi connectivity index (χ2n) is 4.22. The summed E-state index contributed by atoms with van der Waals surface area (Å²) in [4.78, 5) is 16.9. The normalized spacial score (nSPS) is 9.75. The fourth-order valence-corrected chi connectivity index (χ4v) is 2.08. The van der Waals surface area contributed by atoms with Crippen LogP contribution in [-0.4, -0.2) is 9.55 Å². The highest BCUT2D eigenvalue weighted by atomic mass is 16.1. The van der Waals surface area contributed by atoms with Crippen molar-refractivity contribution in [3.8, 4) is 36.1 Å². The summed E-state index contributed by atoms with van der Waals surface area (Å²) in [5.41, 5.74) is 1.58. The van der Waals surface area contributed by atoms with Gasteiger partial charge in [0.25, 0.3) is 5.56 Å². The Labute approximate surface area is 118 Å². The van der Waals surface area contributed by atoms with Crippen LogP contribution in [0, 0.1) is 24.7 Å². The maximum Gasteiger partial charge on any atom is 0.259 e. The molecule has 0 aliphatic heterocycles. The lowest BCUT2D eigenvalue weighted by molar-refractivity contribution is 0.759. The van der Waals surface area contributed by atoms with Crippen LogP contribution in [0.2, 0.25) is 0 Å². The van der Waals surface area contributed by atoms with Crippen LogP contribution >= 0.6 is 0 Å². The van der Waals surface area contributed by atoms with Crippen molar-refractivity contribution in [2.75, 3.05) is 0 Å². The van der Waals surface area contributed by atoms with Crippen LogP contribution in [-0.2, 0) is 13.0 Å². The SMILES string of the molecule is C#CCn1c(-c2ccccc2)nc(C#C)c(CC)c1=O. The molecule has 0 radical (unpaired) electrons. The maximum atomic E-state index is 12.5. The number of aromatic nitrogens is 2. The average Bonchev–Trinajstić information content (AvgIpc) is 2.49. The minimum atomic E-state index is -0.160. The van der Waals surface area contributed by atoms with E-state index in [-0.39, 0.29) is 12.1 Å². The van der Waals surface area contributed by atoms with Gasteiger partial charge in [-0.15, -0.1) is 12.8 Å². The lowest BCUT2D eigenvalue weighted by atomic mass is 10.1. The van der Waals surface area contributed by atoms with Gasteiger partial charge in [-0.2, -0.15) is 0 Å². The fourth-order valence-electron chi connectivity index (χ4n) is 2.08. The van der Waals surface area contributed by atoms with Gasteiger partial charge >= 0.3 is 0 Å². The summed E-state index contributed by atoms with van der Waals surface area (Å²) in [7, 11) is 0. The van der Waals surface area contributed by atoms with Gasteiger partial charge in [-0.3, -0.25) is 9.36 Å². The third-order valence-electron chi connectivity index (χ3n) is 3.03. The van der Waals surface area contributed by atoms with E-state index in [0.29, 0.717) is 23.5 Å². The molecule has 0 saturated carbocycles. The lowest BCUT2D eigenvalue weighted by Gasteiger charge is -2.12. The van der Waals surface area contributed by atoms with Crippen molar-refractivity contribution < 1.29 is 0 Å². The molecular formula is C17H14N2O. The van der Waals surface area contributed by atoms with E-state index in [2.05, 4.69) is 16.8 Å². The smallest absolute Gasteiger partial charge is 0.259 e. The molecule has 1 aromatic carbocycles. The Balaban J connectivity index is 2.81. The second kappa shape index (κ2) is 5.91. The number of rotatable bonds is 3. The van der Waals surface area contributed by atoms with Gasteiger partial charge in [-0.25, -0.2) is 4.98 Å². The van der Waals surface area contributed by atoms with Crippen molar-refractivity contribution in [3.63, 3.8) is 0 Å². The molecule has 2 rings (SSSR count). The van der Waals surface area contributed by atoms with E-state index in [1.54, 1.807) is 0 Å². The first-order valence-corrected chi connectivity index (χ1v) is 6.32. The first-order valence-electron chi connectivity index (χ1n) is 6.32. The molecule has 0 bridgehead atoms. The Bertz CT molecular complexity index is 759. The summed E-state index contributed by atoms with van der Waals surface area (Å²) in [6, 6.07) is 9.41. The third kappa shape index (κ3) is 2.35. The van der Waals surface area contributed by atoms with Crippen LogP contribution in [0.3, 0.4) is 0 Å². The van der Waals surface area contributed by atoms with E-state index in [9.17, 15) is 4.79 Å². The van der Waals surface area contributed by atoms with Crippen molar-refractivity contribution in [1.29, 1.82) is 0 Å². The maximum absolute atomic E-state index is 12.5. The second-order valence-corrected chi connectivity index (χ2v) is 4.22. The molecule has 0 unspecified atom stereocenters. The number of benzene rings is 1. The van der Waals surface area contributed by atoms with Gasteiger partial charge in [0.2, 0.25) is 0 Å². The van der Waals surface area contributed by atoms with Crippen molar-refractivity contribution >= 4 is 0 Å². The lowest BCUT2D eigenvalue weighted by Crippen LogP contribution is -2.27. The summed E-state index contributed by atoms with van der Waals surface area (Å²) in [5.74, 6) is 5.50. The Kier molecular flexibility index (Phi) is 4.03. The molecule has 0 atom stereocenters. The van der Waals surface area contributed by atoms with E-state index in [1.165, 1.54) is 4.57 Å². The molecule has 0 aliphatic carbocycles. The van der Waals surface area contributed by atoms with Crippen LogP contribution in [0.25, 0.3) is 11.4 Å². The van der Waals surface area contributed by atoms with Gasteiger partial charge < -0.3 is 0 Å². The number of terminal acetylenes is 2. The Hall–Kier alpha value is -2.78. The first kappa shape index (κ1) is 13.6. The highest BCUT2D eigenvalue weighted by Gasteiger charge is 2.14. The van der Waals surface area contributed by atoms with Crippen LogP contribution < -0.4 is 5.56 Å². The number of hydrogen-bond donors (Lipinski definition) is 0. The van der Waals surface area contributed by atoms with Crippen molar-refractivity contribution in [2.24, 2.45) is 0 Å². The quantitative estimate of drug-likeness (QED) is 0.794. The van der Waals surface area contributed by atoms with Crippen molar-refractivity contribution in [2.45, 2.75) is 19.9 Å². The largest absolute Gasteiger partial charge is 0.281 e. The predicted octanol–water partition coefficient (Wildman–Crippen LogP) is 2.09. The summed E-state index contributed by atoms with van der Waals surface area (Å²) in [6.45, 7) is 2.05. The Morgan fingerprint density at radius 1 is 1.25 bits per heavy atom. The molecule has 98 valence electrons. The fraction of sp³-hybridized carbons (Fsp3) is 0.176. The zero-order valence-corrected chi connectivity index (χ0v) is 11.3. The van der Waals surface area contributed by atoms with Crippen LogP contribution in [0.15, 0.2) is 35.1 Å². The molecule has 3 nitrogen and oxygen atoms in total.